The quantitative estimate of drug-likeness (QED) is 0.0972. The fourth-order valence-corrected chi connectivity index (χ4v) is 5.52. The fraction of sp³-hybridized carbons (Fsp3) is 0.355. The Morgan fingerprint density at radius 2 is 1.30 bits per heavy atom. The zero-order valence-corrected chi connectivity index (χ0v) is 25.3. The number of nitrogens with two attached hydrogens (primary N) is 1. The molecule has 0 bridgehead atoms. The minimum atomic E-state index is -1.60. The minimum absolute atomic E-state index is 0.00865. The van der Waals surface area contributed by atoms with Crippen LogP contribution in [0.2, 0.25) is 0 Å². The summed E-state index contributed by atoms with van der Waals surface area (Å²) in [6, 6.07) is 10.2. The van der Waals surface area contributed by atoms with Crippen LogP contribution in [0.4, 0.5) is 0 Å². The van der Waals surface area contributed by atoms with Crippen molar-refractivity contribution >= 4 is 57.3 Å². The van der Waals surface area contributed by atoms with Crippen LogP contribution in [0, 0.1) is 0 Å². The Morgan fingerprint density at radius 3 is 1.77 bits per heavy atom. The first-order valence-corrected chi connectivity index (χ1v) is 15.6. The maximum Gasteiger partial charge on any atom is 0.328 e. The lowest BCUT2D eigenvalue weighted by atomic mass is 10.0. The predicted octanol–water partition coefficient (Wildman–Crippen LogP) is 1.43. The van der Waals surface area contributed by atoms with Gasteiger partial charge in [-0.2, -0.15) is 11.8 Å². The molecule has 0 aliphatic rings. The molecule has 5 atom stereocenters. The summed E-state index contributed by atoms with van der Waals surface area (Å²) in [4.78, 5) is 58.5. The first-order valence-electron chi connectivity index (χ1n) is 14.3. The van der Waals surface area contributed by atoms with Crippen LogP contribution in [0.3, 0.4) is 0 Å². The highest BCUT2D eigenvalue weighted by Crippen LogP contribution is 2.21. The lowest BCUT2D eigenvalue weighted by Crippen LogP contribution is -2.59. The number of carboxylic acids is 1. The number of carbonyl (C=O) groups is 4. The van der Waals surface area contributed by atoms with E-state index in [9.17, 15) is 29.4 Å². The number of para-hydroxylation sites is 2. The fourth-order valence-electron chi connectivity index (χ4n) is 5.03. The number of nitrogens with one attached hydrogen (secondary N) is 5. The van der Waals surface area contributed by atoms with Gasteiger partial charge in [-0.1, -0.05) is 36.4 Å². The zero-order chi connectivity index (χ0) is 31.8. The molecule has 0 spiro atoms. The van der Waals surface area contributed by atoms with Crippen LogP contribution >= 0.6 is 11.8 Å². The van der Waals surface area contributed by atoms with E-state index < -0.39 is 54.0 Å². The summed E-state index contributed by atoms with van der Waals surface area (Å²) >= 11 is 1.55. The highest BCUT2D eigenvalue weighted by Gasteiger charge is 2.33. The number of fused-ring (bicyclic) bond motifs is 2. The van der Waals surface area contributed by atoms with E-state index in [2.05, 4.69) is 25.9 Å². The molecular weight excluding hydrogens is 584 g/mol. The zero-order valence-electron chi connectivity index (χ0n) is 24.5. The number of hydrogen-bond acceptors (Lipinski definition) is 7. The van der Waals surface area contributed by atoms with Gasteiger partial charge in [0.25, 0.3) is 0 Å². The number of rotatable bonds is 15. The summed E-state index contributed by atoms with van der Waals surface area (Å²) in [5.41, 5.74) is 9.28. The molecule has 2 aromatic carbocycles. The van der Waals surface area contributed by atoms with Gasteiger partial charge >= 0.3 is 5.97 Å². The summed E-state index contributed by atoms with van der Waals surface area (Å²) in [5, 5.41) is 29.1. The molecule has 4 aromatic rings. The number of amides is 3. The van der Waals surface area contributed by atoms with Crippen LogP contribution in [0.1, 0.15) is 24.5 Å². The van der Waals surface area contributed by atoms with Gasteiger partial charge in [-0.3, -0.25) is 14.4 Å². The second-order valence-electron chi connectivity index (χ2n) is 10.7. The highest BCUT2D eigenvalue weighted by molar-refractivity contribution is 7.98. The summed E-state index contributed by atoms with van der Waals surface area (Å²) in [5.74, 6) is -2.71. The van der Waals surface area contributed by atoms with E-state index in [-0.39, 0.29) is 12.8 Å². The molecule has 0 aliphatic carbocycles. The topological polar surface area (TPSA) is 202 Å². The van der Waals surface area contributed by atoms with Crippen molar-refractivity contribution in [3.63, 3.8) is 0 Å². The Kier molecular flexibility index (Phi) is 11.0. The van der Waals surface area contributed by atoms with Crippen LogP contribution < -0.4 is 21.7 Å². The van der Waals surface area contributed by atoms with Crippen molar-refractivity contribution in [3.8, 4) is 0 Å². The molecule has 0 radical (unpaired) electrons. The number of aromatic amines is 2. The molecule has 0 saturated heterocycles. The van der Waals surface area contributed by atoms with E-state index in [4.69, 9.17) is 5.73 Å². The average molecular weight is 623 g/mol. The Labute approximate surface area is 258 Å². The summed E-state index contributed by atoms with van der Waals surface area (Å²) in [7, 11) is 0. The molecule has 3 amide bonds. The normalized spacial score (nSPS) is 14.8. The van der Waals surface area contributed by atoms with E-state index in [0.717, 1.165) is 27.4 Å². The van der Waals surface area contributed by atoms with Gasteiger partial charge in [0, 0.05) is 47.0 Å². The Bertz CT molecular complexity index is 1620. The molecule has 13 heteroatoms. The molecular formula is C31H38N6O6S. The van der Waals surface area contributed by atoms with E-state index in [1.54, 1.807) is 24.2 Å². The van der Waals surface area contributed by atoms with Gasteiger partial charge in [0.2, 0.25) is 17.7 Å². The Balaban J connectivity index is 1.63. The van der Waals surface area contributed by atoms with Crippen LogP contribution in [0.15, 0.2) is 60.9 Å². The molecule has 234 valence electrons. The van der Waals surface area contributed by atoms with Crippen LogP contribution in [-0.2, 0) is 32.0 Å². The number of aliphatic carboxylic acids is 1. The van der Waals surface area contributed by atoms with Gasteiger partial charge in [-0.25, -0.2) is 4.79 Å². The van der Waals surface area contributed by atoms with Crippen molar-refractivity contribution in [1.82, 2.24) is 25.9 Å². The number of benzene rings is 2. The number of H-pyrrole nitrogens is 2. The largest absolute Gasteiger partial charge is 0.480 e. The summed E-state index contributed by atoms with van der Waals surface area (Å²) in [6.45, 7) is 1.25. The minimum Gasteiger partial charge on any atom is -0.480 e. The van der Waals surface area contributed by atoms with Gasteiger partial charge in [0.1, 0.15) is 12.1 Å². The SMILES string of the molecule is CSCCC(N)C(=O)NC(Cc1c[nH]c2ccccc12)C(=O)NC(Cc1c[nH]c2ccccc12)C(=O)NC(C(=O)O)C(C)O. The van der Waals surface area contributed by atoms with Crippen LogP contribution in [0.5, 0.6) is 0 Å². The van der Waals surface area contributed by atoms with Crippen molar-refractivity contribution < 1.29 is 29.4 Å². The standard InChI is InChI=1S/C31H38N6O6S/c1-17(38)27(31(42)43)37-30(41)26(14-19-16-34-24-10-6-4-8-21(19)24)36-29(40)25(35-28(39)22(32)11-12-44-2)13-18-15-33-23-9-5-3-7-20(18)23/h3-10,15-17,22,25-27,33-34,38H,11-14,32H2,1-2H3,(H,35,39)(H,36,40)(H,37,41)(H,42,43). The number of carbonyl (C=O) groups excluding carboxylic acids is 3. The highest BCUT2D eigenvalue weighted by atomic mass is 32.2. The van der Waals surface area contributed by atoms with E-state index in [1.807, 2.05) is 54.8 Å². The first kappa shape index (κ1) is 32.6. The van der Waals surface area contributed by atoms with Gasteiger partial charge in [-0.05, 0) is 48.6 Å². The predicted molar refractivity (Wildman–Crippen MR) is 170 cm³/mol. The van der Waals surface area contributed by atoms with E-state index >= 15 is 0 Å². The number of thioether (sulfide) groups is 1. The second-order valence-corrected chi connectivity index (χ2v) is 11.7. The van der Waals surface area contributed by atoms with E-state index in [0.29, 0.717) is 17.7 Å². The molecule has 0 saturated carbocycles. The molecule has 5 unspecified atom stereocenters. The smallest absolute Gasteiger partial charge is 0.328 e. The number of carboxylic acid groups (broad SMARTS) is 1. The number of aromatic nitrogens is 2. The lowest BCUT2D eigenvalue weighted by molar-refractivity contribution is -0.145. The molecule has 0 fully saturated rings. The third-order valence-electron chi connectivity index (χ3n) is 7.48. The third kappa shape index (κ3) is 7.98. The van der Waals surface area contributed by atoms with Gasteiger partial charge in [-0.15, -0.1) is 0 Å². The van der Waals surface area contributed by atoms with Crippen molar-refractivity contribution in [2.24, 2.45) is 5.73 Å². The van der Waals surface area contributed by atoms with E-state index in [1.165, 1.54) is 6.92 Å². The number of aliphatic hydroxyl groups is 1. The van der Waals surface area contributed by atoms with Crippen molar-refractivity contribution in [3.05, 3.63) is 72.1 Å². The van der Waals surface area contributed by atoms with Gasteiger partial charge in [0.05, 0.1) is 12.1 Å². The molecule has 44 heavy (non-hydrogen) atoms. The summed E-state index contributed by atoms with van der Waals surface area (Å²) in [6.07, 6.45) is 4.52. The molecule has 2 heterocycles. The first-order chi connectivity index (χ1) is 21.1. The maximum absolute atomic E-state index is 13.9. The molecule has 2 aromatic heterocycles. The van der Waals surface area contributed by atoms with Crippen molar-refractivity contribution in [2.75, 3.05) is 12.0 Å². The van der Waals surface area contributed by atoms with Crippen molar-refractivity contribution in [2.45, 2.75) is 56.5 Å². The molecule has 0 aliphatic heterocycles. The second kappa shape index (κ2) is 14.9. The Hall–Kier alpha value is -4.33. The molecule has 4 rings (SSSR count). The van der Waals surface area contributed by atoms with Crippen LogP contribution in [0.25, 0.3) is 21.8 Å². The van der Waals surface area contributed by atoms with Crippen molar-refractivity contribution in [1.29, 1.82) is 0 Å². The van der Waals surface area contributed by atoms with Gasteiger partial charge < -0.3 is 41.9 Å². The summed E-state index contributed by atoms with van der Waals surface area (Å²) < 4.78 is 0. The maximum atomic E-state index is 13.9. The number of hydrogen-bond donors (Lipinski definition) is 8. The monoisotopic (exact) mass is 622 g/mol. The number of aliphatic hydroxyl groups excluding tert-OH is 1. The third-order valence-corrected chi connectivity index (χ3v) is 8.12. The van der Waals surface area contributed by atoms with Gasteiger partial charge in [0.15, 0.2) is 6.04 Å². The molecule has 9 N–H and O–H groups in total. The lowest BCUT2D eigenvalue weighted by Gasteiger charge is -2.26. The van der Waals surface area contributed by atoms with Crippen LogP contribution in [-0.4, -0.2) is 86.2 Å². The average Bonchev–Trinajstić information content (AvgIpc) is 3.61. The molecule has 12 nitrogen and oxygen atoms in total. The Morgan fingerprint density at radius 1 is 0.818 bits per heavy atom.